The number of para-hydroxylation sites is 1. The Morgan fingerprint density at radius 2 is 1.68 bits per heavy atom. The third kappa shape index (κ3) is 6.31. The standard InChI is InChI=1S/C32H37Cl2N5O/c1-37(21-27-5-4-20-40-27)32-28-6-2-3-7-29(28)35-30(36-32)22-38-16-18-39(19-17-38)31(23-8-12-25(33)13-9-23)24-10-14-26(34)15-11-24/h2-9,12-13,20,24,26,31H,10-11,14-19,21-22H2,1H3. The number of hydrogen-bond acceptors (Lipinski definition) is 6. The summed E-state index contributed by atoms with van der Waals surface area (Å²) in [7, 11) is 2.06. The zero-order valence-electron chi connectivity index (χ0n) is 23.1. The van der Waals surface area contributed by atoms with Crippen molar-refractivity contribution in [3.8, 4) is 0 Å². The summed E-state index contributed by atoms with van der Waals surface area (Å²) in [6.07, 6.45) is 6.28. The van der Waals surface area contributed by atoms with Crippen molar-refractivity contribution in [3.05, 3.63) is 89.1 Å². The minimum absolute atomic E-state index is 0.323. The zero-order chi connectivity index (χ0) is 27.5. The molecule has 1 aliphatic heterocycles. The summed E-state index contributed by atoms with van der Waals surface area (Å²) in [6.45, 7) is 5.42. The maximum absolute atomic E-state index is 6.48. The van der Waals surface area contributed by atoms with Crippen LogP contribution in [0.4, 0.5) is 5.82 Å². The summed E-state index contributed by atoms with van der Waals surface area (Å²) in [5.41, 5.74) is 2.35. The van der Waals surface area contributed by atoms with Crippen LogP contribution in [-0.2, 0) is 13.1 Å². The van der Waals surface area contributed by atoms with Gasteiger partial charge in [-0.3, -0.25) is 9.80 Å². The molecule has 1 saturated heterocycles. The van der Waals surface area contributed by atoms with Gasteiger partial charge < -0.3 is 9.32 Å². The van der Waals surface area contributed by atoms with Gasteiger partial charge in [-0.2, -0.15) is 0 Å². The molecule has 0 spiro atoms. The lowest BCUT2D eigenvalue weighted by molar-refractivity contribution is 0.0541. The van der Waals surface area contributed by atoms with Crippen LogP contribution in [-0.4, -0.2) is 58.4 Å². The fourth-order valence-corrected chi connectivity index (χ4v) is 6.79. The number of fused-ring (bicyclic) bond motifs is 1. The lowest BCUT2D eigenvalue weighted by atomic mass is 9.80. The first-order valence-corrected chi connectivity index (χ1v) is 15.2. The number of alkyl halides is 1. The normalized spacial score (nSPS) is 21.5. The second kappa shape index (κ2) is 12.5. The second-order valence-electron chi connectivity index (χ2n) is 11.2. The van der Waals surface area contributed by atoms with E-state index in [4.69, 9.17) is 37.6 Å². The predicted octanol–water partition coefficient (Wildman–Crippen LogP) is 7.17. The van der Waals surface area contributed by atoms with E-state index < -0.39 is 0 Å². The summed E-state index contributed by atoms with van der Waals surface area (Å²) in [4.78, 5) is 17.3. The van der Waals surface area contributed by atoms with E-state index in [0.717, 1.165) is 78.9 Å². The minimum Gasteiger partial charge on any atom is -0.467 e. The summed E-state index contributed by atoms with van der Waals surface area (Å²) < 4.78 is 5.59. The molecule has 0 amide bonds. The number of furan rings is 1. The first kappa shape index (κ1) is 27.5. The maximum atomic E-state index is 6.48. The lowest BCUT2D eigenvalue weighted by Gasteiger charge is -2.44. The number of anilines is 1. The summed E-state index contributed by atoms with van der Waals surface area (Å²) >= 11 is 12.7. The van der Waals surface area contributed by atoms with E-state index in [1.165, 1.54) is 18.4 Å². The van der Waals surface area contributed by atoms with Gasteiger partial charge in [0.2, 0.25) is 0 Å². The number of rotatable bonds is 8. The first-order valence-electron chi connectivity index (χ1n) is 14.4. The van der Waals surface area contributed by atoms with Gasteiger partial charge in [-0.05, 0) is 73.6 Å². The van der Waals surface area contributed by atoms with Gasteiger partial charge in [0.15, 0.2) is 0 Å². The molecule has 4 aromatic rings. The highest BCUT2D eigenvalue weighted by Gasteiger charge is 2.34. The predicted molar refractivity (Wildman–Crippen MR) is 163 cm³/mol. The summed E-state index contributed by atoms with van der Waals surface area (Å²) in [6, 6.07) is 21.1. The molecule has 1 saturated carbocycles. The van der Waals surface area contributed by atoms with Crippen molar-refractivity contribution in [2.75, 3.05) is 38.1 Å². The highest BCUT2D eigenvalue weighted by Crippen LogP contribution is 2.40. The Morgan fingerprint density at radius 3 is 2.40 bits per heavy atom. The van der Waals surface area contributed by atoms with Crippen LogP contribution >= 0.6 is 23.2 Å². The Kier molecular flexibility index (Phi) is 8.59. The van der Waals surface area contributed by atoms with Crippen molar-refractivity contribution in [3.63, 3.8) is 0 Å². The van der Waals surface area contributed by atoms with Crippen molar-refractivity contribution < 1.29 is 4.42 Å². The third-order valence-corrected chi connectivity index (χ3v) is 9.18. The van der Waals surface area contributed by atoms with Crippen LogP contribution in [0.5, 0.6) is 0 Å². The molecule has 2 aliphatic rings. The van der Waals surface area contributed by atoms with E-state index in [9.17, 15) is 0 Å². The topological polar surface area (TPSA) is 48.6 Å². The molecule has 1 unspecified atom stereocenters. The van der Waals surface area contributed by atoms with E-state index in [1.54, 1.807) is 6.26 Å². The molecule has 0 radical (unpaired) electrons. The quantitative estimate of drug-likeness (QED) is 0.207. The third-order valence-electron chi connectivity index (χ3n) is 8.49. The van der Waals surface area contributed by atoms with E-state index in [2.05, 4.69) is 46.0 Å². The van der Waals surface area contributed by atoms with Gasteiger partial charge in [-0.1, -0.05) is 35.9 Å². The van der Waals surface area contributed by atoms with Gasteiger partial charge in [0.05, 0.1) is 24.9 Å². The van der Waals surface area contributed by atoms with Crippen LogP contribution in [0.2, 0.25) is 5.02 Å². The van der Waals surface area contributed by atoms with Crippen molar-refractivity contribution in [1.29, 1.82) is 0 Å². The Balaban J connectivity index is 1.17. The number of aromatic nitrogens is 2. The van der Waals surface area contributed by atoms with Crippen LogP contribution in [0.25, 0.3) is 10.9 Å². The zero-order valence-corrected chi connectivity index (χ0v) is 24.6. The monoisotopic (exact) mass is 577 g/mol. The largest absolute Gasteiger partial charge is 0.467 e. The molecule has 1 aliphatic carbocycles. The molecule has 3 heterocycles. The van der Waals surface area contributed by atoms with E-state index in [1.807, 2.05) is 36.4 Å². The van der Waals surface area contributed by atoms with Crippen molar-refractivity contribution in [2.24, 2.45) is 5.92 Å². The van der Waals surface area contributed by atoms with Crippen molar-refractivity contribution in [1.82, 2.24) is 19.8 Å². The molecular weight excluding hydrogens is 541 g/mol. The highest BCUT2D eigenvalue weighted by atomic mass is 35.5. The fourth-order valence-electron chi connectivity index (χ4n) is 6.41. The van der Waals surface area contributed by atoms with E-state index in [0.29, 0.717) is 23.9 Å². The minimum atomic E-state index is 0.323. The molecule has 0 bridgehead atoms. The summed E-state index contributed by atoms with van der Waals surface area (Å²) in [5.74, 6) is 3.34. The average Bonchev–Trinajstić information content (AvgIpc) is 3.49. The van der Waals surface area contributed by atoms with Crippen LogP contribution in [0.3, 0.4) is 0 Å². The van der Waals surface area contributed by atoms with Crippen LogP contribution in [0, 0.1) is 5.92 Å². The van der Waals surface area contributed by atoms with Gasteiger partial charge >= 0.3 is 0 Å². The highest BCUT2D eigenvalue weighted by molar-refractivity contribution is 6.30. The maximum Gasteiger partial charge on any atom is 0.145 e. The van der Waals surface area contributed by atoms with Crippen LogP contribution in [0.1, 0.15) is 48.9 Å². The summed E-state index contributed by atoms with van der Waals surface area (Å²) in [5, 5.41) is 2.17. The molecule has 0 N–H and O–H groups in total. The van der Waals surface area contributed by atoms with Gasteiger partial charge in [0.1, 0.15) is 17.4 Å². The molecule has 2 aromatic carbocycles. The number of piperazine rings is 1. The van der Waals surface area contributed by atoms with Gasteiger partial charge in [0, 0.05) is 55.1 Å². The van der Waals surface area contributed by atoms with E-state index in [-0.39, 0.29) is 0 Å². The number of halogens is 2. The number of hydrogen-bond donors (Lipinski definition) is 0. The van der Waals surface area contributed by atoms with Crippen molar-refractivity contribution >= 4 is 39.9 Å². The molecule has 40 heavy (non-hydrogen) atoms. The molecule has 8 heteroatoms. The SMILES string of the molecule is CN(Cc1ccco1)c1nc(CN2CCN(C(c3ccc(Cl)cc3)C3CCC(Cl)CC3)CC2)nc2ccccc12. The lowest BCUT2D eigenvalue weighted by Crippen LogP contribution is -2.49. The molecular formula is C32H37Cl2N5O. The smallest absolute Gasteiger partial charge is 0.145 e. The first-order chi connectivity index (χ1) is 19.5. The molecule has 2 aromatic heterocycles. The molecule has 6 nitrogen and oxygen atoms in total. The molecule has 1 atom stereocenters. The fraction of sp³-hybridized carbons (Fsp3) is 0.438. The number of benzene rings is 2. The number of nitrogens with zero attached hydrogens (tertiary/aromatic N) is 5. The van der Waals surface area contributed by atoms with Crippen LogP contribution < -0.4 is 4.90 Å². The van der Waals surface area contributed by atoms with E-state index >= 15 is 0 Å². The Labute approximate surface area is 246 Å². The van der Waals surface area contributed by atoms with Gasteiger partial charge in [-0.25, -0.2) is 9.97 Å². The molecule has 6 rings (SSSR count). The van der Waals surface area contributed by atoms with Gasteiger partial charge in [0.25, 0.3) is 0 Å². The van der Waals surface area contributed by atoms with Crippen molar-refractivity contribution in [2.45, 2.75) is 50.2 Å². The Bertz CT molecular complexity index is 1380. The second-order valence-corrected chi connectivity index (χ2v) is 12.3. The molecule has 210 valence electrons. The molecule has 2 fully saturated rings. The Hall–Kier alpha value is -2.64. The van der Waals surface area contributed by atoms with Crippen LogP contribution in [0.15, 0.2) is 71.3 Å². The average molecular weight is 579 g/mol. The Morgan fingerprint density at radius 1 is 0.925 bits per heavy atom. The van der Waals surface area contributed by atoms with Gasteiger partial charge in [-0.15, -0.1) is 11.6 Å².